The molecule has 0 unspecified atom stereocenters. The number of rotatable bonds is 0. The van der Waals surface area contributed by atoms with Crippen LogP contribution in [-0.4, -0.2) is 32.1 Å². The summed E-state index contributed by atoms with van der Waals surface area (Å²) in [4.78, 5) is 0. The molecule has 0 atom stereocenters. The Bertz CT molecular complexity index is 91.3. The van der Waals surface area contributed by atoms with Crippen LogP contribution in [0.3, 0.4) is 0 Å². The van der Waals surface area contributed by atoms with Crippen LogP contribution in [0.4, 0.5) is 0 Å². The van der Waals surface area contributed by atoms with Gasteiger partial charge in [-0.15, -0.1) is 0 Å². The van der Waals surface area contributed by atoms with Crippen molar-refractivity contribution in [3.8, 4) is 0 Å². The van der Waals surface area contributed by atoms with E-state index in [4.69, 9.17) is 15.3 Å². The molecule has 0 saturated carbocycles. The Morgan fingerprint density at radius 3 is 0.438 bits per heavy atom. The molecule has 0 bridgehead atoms. The van der Waals surface area contributed by atoms with Crippen LogP contribution in [0.25, 0.3) is 0 Å². The molecule has 0 aliphatic rings. The maximum absolute atomic E-state index is 8.52. The Balaban J connectivity index is -0.0000000655. The smallest absolute Gasteiger partial charge is 0.0563 e. The van der Waals surface area contributed by atoms with Crippen LogP contribution in [0.1, 0.15) is 62.3 Å². The molecule has 4 heteroatoms. The third-order valence-electron chi connectivity index (χ3n) is 0. The molecule has 0 rings (SSSR count). The summed E-state index contributed by atoms with van der Waals surface area (Å²) in [6.07, 6.45) is 0. The van der Waals surface area contributed by atoms with Crippen LogP contribution in [0, 0.1) is 39.9 Å². The second-order valence-electron chi connectivity index (χ2n) is 6.51. The zero-order valence-corrected chi connectivity index (χ0v) is 14.5. The molecule has 3 N–H and O–H groups in total. The van der Waals surface area contributed by atoms with E-state index in [2.05, 4.69) is 0 Å². The summed E-state index contributed by atoms with van der Waals surface area (Å²) in [6.45, 7) is 15.7. The van der Waals surface area contributed by atoms with Gasteiger partial charge < -0.3 is 15.3 Å². The van der Waals surface area contributed by atoms with E-state index in [1.54, 1.807) is 62.3 Å². The van der Waals surface area contributed by atoms with E-state index in [0.717, 1.165) is 0 Å². The molecule has 0 amide bonds. The van der Waals surface area contributed by atoms with Crippen molar-refractivity contribution >= 4 is 0 Å². The van der Waals surface area contributed by atoms with Gasteiger partial charge in [0.25, 0.3) is 0 Å². The Hall–Kier alpha value is 1.20. The van der Waals surface area contributed by atoms with Crippen molar-refractivity contribution in [1.29, 1.82) is 0 Å². The third kappa shape index (κ3) is 2110. The Labute approximate surface area is 133 Å². The molecule has 104 valence electrons. The standard InChI is InChI=1S/3C4H10O.Gd/c3*1-4(2,3)5;/h3*5H,1-3H3;. The van der Waals surface area contributed by atoms with Crippen molar-refractivity contribution in [3.63, 3.8) is 0 Å². The largest absolute Gasteiger partial charge is 0.391 e. The molecule has 0 aliphatic carbocycles. The molecular weight excluding hydrogens is 349 g/mol. The number of aliphatic hydroxyl groups is 3. The second kappa shape index (κ2) is 10.2. The van der Waals surface area contributed by atoms with Crippen molar-refractivity contribution in [1.82, 2.24) is 0 Å². The summed E-state index contributed by atoms with van der Waals surface area (Å²) < 4.78 is 0. The summed E-state index contributed by atoms with van der Waals surface area (Å²) in [7, 11) is 0. The van der Waals surface area contributed by atoms with Crippen LogP contribution in [-0.2, 0) is 0 Å². The molecule has 3 nitrogen and oxygen atoms in total. The molecular formula is C12H30GdO3. The van der Waals surface area contributed by atoms with E-state index >= 15 is 0 Å². The minimum atomic E-state index is -0.500. The first-order valence-electron chi connectivity index (χ1n) is 5.17. The fourth-order valence-electron chi connectivity index (χ4n) is 0. The summed E-state index contributed by atoms with van der Waals surface area (Å²) >= 11 is 0. The van der Waals surface area contributed by atoms with E-state index in [1.165, 1.54) is 0 Å². The Kier molecular flexibility index (Phi) is 16.4. The van der Waals surface area contributed by atoms with Gasteiger partial charge in [0.05, 0.1) is 16.8 Å². The minimum Gasteiger partial charge on any atom is -0.391 e. The Morgan fingerprint density at radius 2 is 0.438 bits per heavy atom. The van der Waals surface area contributed by atoms with Crippen molar-refractivity contribution < 1.29 is 55.3 Å². The predicted octanol–water partition coefficient (Wildman–Crippen LogP) is 2.33. The van der Waals surface area contributed by atoms with Crippen molar-refractivity contribution in [2.45, 2.75) is 79.1 Å². The molecule has 16 heavy (non-hydrogen) atoms. The maximum Gasteiger partial charge on any atom is 0.0563 e. The third-order valence-corrected chi connectivity index (χ3v) is 0. The van der Waals surface area contributed by atoms with Crippen LogP contribution in [0.2, 0.25) is 0 Å². The molecule has 0 aromatic rings. The summed E-state index contributed by atoms with van der Waals surface area (Å²) in [5.74, 6) is 0. The van der Waals surface area contributed by atoms with E-state index in [1.807, 2.05) is 0 Å². The fourth-order valence-corrected chi connectivity index (χ4v) is 0. The van der Waals surface area contributed by atoms with Gasteiger partial charge in [-0.25, -0.2) is 0 Å². The van der Waals surface area contributed by atoms with Crippen LogP contribution in [0.15, 0.2) is 0 Å². The first-order chi connectivity index (χ1) is 6.00. The van der Waals surface area contributed by atoms with E-state index in [0.29, 0.717) is 0 Å². The molecule has 0 aromatic heterocycles. The van der Waals surface area contributed by atoms with Gasteiger partial charge in [0.2, 0.25) is 0 Å². The van der Waals surface area contributed by atoms with Gasteiger partial charge in [-0.3, -0.25) is 0 Å². The first-order valence-corrected chi connectivity index (χ1v) is 5.17. The summed E-state index contributed by atoms with van der Waals surface area (Å²) in [6, 6.07) is 0. The quantitative estimate of drug-likeness (QED) is 0.605. The normalized spacial score (nSPS) is 11.2. The Morgan fingerprint density at radius 1 is 0.438 bits per heavy atom. The van der Waals surface area contributed by atoms with E-state index in [-0.39, 0.29) is 39.9 Å². The average molecular weight is 380 g/mol. The van der Waals surface area contributed by atoms with Gasteiger partial charge >= 0.3 is 0 Å². The molecule has 0 heterocycles. The molecule has 0 spiro atoms. The van der Waals surface area contributed by atoms with E-state index in [9.17, 15) is 0 Å². The van der Waals surface area contributed by atoms with Crippen molar-refractivity contribution in [3.05, 3.63) is 0 Å². The van der Waals surface area contributed by atoms with Crippen LogP contribution in [0.5, 0.6) is 0 Å². The van der Waals surface area contributed by atoms with Gasteiger partial charge in [0, 0.05) is 39.9 Å². The van der Waals surface area contributed by atoms with Gasteiger partial charge in [0.1, 0.15) is 0 Å². The first kappa shape index (κ1) is 25.9. The number of hydrogen-bond donors (Lipinski definition) is 3. The number of hydrogen-bond acceptors (Lipinski definition) is 3. The van der Waals surface area contributed by atoms with Gasteiger partial charge in [0.15, 0.2) is 0 Å². The van der Waals surface area contributed by atoms with E-state index < -0.39 is 16.8 Å². The average Bonchev–Trinajstić information content (AvgIpc) is 1.41. The summed E-state index contributed by atoms with van der Waals surface area (Å²) in [5.41, 5.74) is -1.50. The zero-order chi connectivity index (χ0) is 13.5. The predicted molar refractivity (Wildman–Crippen MR) is 65.9 cm³/mol. The minimum absolute atomic E-state index is 0. The van der Waals surface area contributed by atoms with Crippen LogP contribution < -0.4 is 0 Å². The van der Waals surface area contributed by atoms with Gasteiger partial charge in [-0.2, -0.15) is 0 Å². The molecule has 0 aromatic carbocycles. The topological polar surface area (TPSA) is 60.7 Å². The maximum atomic E-state index is 8.52. The van der Waals surface area contributed by atoms with Gasteiger partial charge in [-0.1, -0.05) is 0 Å². The summed E-state index contributed by atoms with van der Waals surface area (Å²) in [5, 5.41) is 25.6. The molecule has 0 radical (unpaired) electrons. The molecule has 0 fully saturated rings. The molecule has 0 aliphatic heterocycles. The monoisotopic (exact) mass is 380 g/mol. The van der Waals surface area contributed by atoms with Crippen LogP contribution >= 0.6 is 0 Å². The zero-order valence-electron chi connectivity index (χ0n) is 12.2. The second-order valence-corrected chi connectivity index (χ2v) is 6.51. The van der Waals surface area contributed by atoms with Gasteiger partial charge in [-0.05, 0) is 62.3 Å². The SMILES string of the molecule is CC(C)(C)O.CC(C)(C)O.CC(C)(C)O.[Gd]. The van der Waals surface area contributed by atoms with Crippen molar-refractivity contribution in [2.24, 2.45) is 0 Å². The van der Waals surface area contributed by atoms with Crippen molar-refractivity contribution in [2.75, 3.05) is 0 Å². The fraction of sp³-hybridized carbons (Fsp3) is 1.00. The molecule has 0 saturated heterocycles.